The van der Waals surface area contributed by atoms with Gasteiger partial charge in [-0.25, -0.2) is 9.97 Å². The molecule has 4 rings (SSSR count). The largest absolute Gasteiger partial charge is 0.493 e. The van der Waals surface area contributed by atoms with Gasteiger partial charge in [0.15, 0.2) is 11.5 Å². The van der Waals surface area contributed by atoms with E-state index in [-0.39, 0.29) is 38.1 Å². The molecular weight excluding hydrogens is 536 g/mol. The lowest BCUT2D eigenvalue weighted by atomic mass is 10.1. The van der Waals surface area contributed by atoms with Gasteiger partial charge in [-0.3, -0.25) is 9.59 Å². The predicted octanol–water partition coefficient (Wildman–Crippen LogP) is 2.93. The zero-order valence-electron chi connectivity index (χ0n) is 22.8. The van der Waals surface area contributed by atoms with Gasteiger partial charge in [-0.05, 0) is 49.6 Å². The Hall–Kier alpha value is -3.67. The van der Waals surface area contributed by atoms with Gasteiger partial charge in [0.2, 0.25) is 11.8 Å². The second-order valence-corrected chi connectivity index (χ2v) is 9.75. The smallest absolute Gasteiger partial charge is 0.239 e. The number of hydrogen-bond donors (Lipinski definition) is 3. The lowest BCUT2D eigenvalue weighted by molar-refractivity contribution is -0.135. The zero-order valence-corrected chi connectivity index (χ0v) is 23.6. The minimum absolute atomic E-state index is 0.0669. The normalized spacial score (nSPS) is 14.6. The van der Waals surface area contributed by atoms with Crippen LogP contribution < -0.4 is 25.4 Å². The van der Waals surface area contributed by atoms with E-state index in [9.17, 15) is 9.59 Å². The molecule has 40 heavy (non-hydrogen) atoms. The van der Waals surface area contributed by atoms with E-state index in [1.54, 1.807) is 20.3 Å². The Morgan fingerprint density at radius 1 is 1.23 bits per heavy atom. The van der Waals surface area contributed by atoms with Crippen molar-refractivity contribution in [2.75, 3.05) is 65.5 Å². The average molecular weight is 571 g/mol. The third-order valence-electron chi connectivity index (χ3n) is 6.47. The average Bonchev–Trinajstić information content (AvgIpc) is 2.95. The number of hydrogen-bond acceptors (Lipinski definition) is 9. The summed E-state index contributed by atoms with van der Waals surface area (Å²) in [5.41, 5.74) is 2.52. The van der Waals surface area contributed by atoms with Gasteiger partial charge < -0.3 is 35.1 Å². The molecule has 0 saturated carbocycles. The van der Waals surface area contributed by atoms with Crippen LogP contribution in [-0.4, -0.2) is 86.8 Å². The number of aryl methyl sites for hydroxylation is 1. The van der Waals surface area contributed by atoms with E-state index in [2.05, 4.69) is 25.9 Å². The number of nitrogens with one attached hydrogen (secondary N) is 3. The number of rotatable bonds is 7. The van der Waals surface area contributed by atoms with Crippen molar-refractivity contribution in [1.29, 1.82) is 0 Å². The number of carbonyl (C=O) groups excluding carboxylic acids is 2. The second-order valence-electron chi connectivity index (χ2n) is 9.31. The van der Waals surface area contributed by atoms with Crippen molar-refractivity contribution in [2.24, 2.45) is 0 Å². The Balaban J connectivity index is 1.61. The Morgan fingerprint density at radius 2 is 2.10 bits per heavy atom. The van der Waals surface area contributed by atoms with Crippen LogP contribution in [-0.2, 0) is 20.7 Å². The molecule has 2 amide bonds. The molecule has 0 fully saturated rings. The zero-order chi connectivity index (χ0) is 28.3. The summed E-state index contributed by atoms with van der Waals surface area (Å²) in [6.07, 6.45) is 3.66. The maximum atomic E-state index is 13.0. The number of nitrogens with zero attached hydrogens (tertiary/aromatic N) is 3. The van der Waals surface area contributed by atoms with E-state index in [4.69, 9.17) is 25.8 Å². The molecule has 2 bridgehead atoms. The highest BCUT2D eigenvalue weighted by molar-refractivity contribution is 6.30. The quantitative estimate of drug-likeness (QED) is 0.367. The molecule has 1 aromatic heterocycles. The molecule has 0 unspecified atom stereocenters. The fourth-order valence-electron chi connectivity index (χ4n) is 4.39. The minimum atomic E-state index is -0.229. The van der Waals surface area contributed by atoms with Crippen molar-refractivity contribution < 1.29 is 23.8 Å². The highest BCUT2D eigenvalue weighted by Crippen LogP contribution is 2.35. The summed E-state index contributed by atoms with van der Waals surface area (Å²) in [5, 5.41) is 10.8. The van der Waals surface area contributed by atoms with Crippen molar-refractivity contribution in [3.05, 3.63) is 47.2 Å². The van der Waals surface area contributed by atoms with Gasteiger partial charge in [0.25, 0.3) is 0 Å². The van der Waals surface area contributed by atoms with E-state index in [0.717, 1.165) is 23.1 Å². The van der Waals surface area contributed by atoms with Crippen LogP contribution in [0.5, 0.6) is 11.5 Å². The summed E-state index contributed by atoms with van der Waals surface area (Å²) in [7, 11) is 3.19. The predicted molar refractivity (Wildman–Crippen MR) is 154 cm³/mol. The van der Waals surface area contributed by atoms with Crippen molar-refractivity contribution in [1.82, 2.24) is 25.5 Å². The number of benzene rings is 2. The van der Waals surface area contributed by atoms with Gasteiger partial charge in [0.1, 0.15) is 18.8 Å². The molecule has 11 nitrogen and oxygen atoms in total. The summed E-state index contributed by atoms with van der Waals surface area (Å²) in [5.74, 6) is 1.14. The third kappa shape index (κ3) is 7.93. The Bertz CT molecular complexity index is 1320. The van der Waals surface area contributed by atoms with Crippen molar-refractivity contribution in [2.45, 2.75) is 19.3 Å². The number of aromatic nitrogens is 2. The second kappa shape index (κ2) is 14.6. The van der Waals surface area contributed by atoms with Crippen LogP contribution in [0, 0.1) is 0 Å². The lowest BCUT2D eigenvalue weighted by Gasteiger charge is -2.23. The number of methoxy groups -OCH3 is 2. The van der Waals surface area contributed by atoms with Gasteiger partial charge in [-0.2, -0.15) is 0 Å². The molecule has 0 saturated heterocycles. The van der Waals surface area contributed by atoms with Crippen LogP contribution in [0.3, 0.4) is 0 Å². The van der Waals surface area contributed by atoms with E-state index >= 15 is 0 Å². The molecule has 3 N–H and O–H groups in total. The van der Waals surface area contributed by atoms with Crippen molar-refractivity contribution >= 4 is 45.8 Å². The first-order valence-corrected chi connectivity index (χ1v) is 13.6. The summed E-state index contributed by atoms with van der Waals surface area (Å²) in [4.78, 5) is 36.1. The van der Waals surface area contributed by atoms with Crippen LogP contribution in [0.2, 0.25) is 5.02 Å². The van der Waals surface area contributed by atoms with Crippen LogP contribution >= 0.6 is 11.6 Å². The molecule has 1 aliphatic rings. The molecule has 0 spiro atoms. The molecule has 2 heterocycles. The molecule has 12 heteroatoms. The van der Waals surface area contributed by atoms with E-state index in [1.165, 1.54) is 11.2 Å². The Labute approximate surface area is 238 Å². The maximum absolute atomic E-state index is 13.0. The minimum Gasteiger partial charge on any atom is -0.493 e. The van der Waals surface area contributed by atoms with Gasteiger partial charge in [0.05, 0.1) is 32.3 Å². The Morgan fingerprint density at radius 3 is 2.92 bits per heavy atom. The van der Waals surface area contributed by atoms with Crippen LogP contribution in [0.25, 0.3) is 10.9 Å². The maximum Gasteiger partial charge on any atom is 0.239 e. The van der Waals surface area contributed by atoms with Crippen LogP contribution in [0.1, 0.15) is 18.4 Å². The fraction of sp³-hybridized carbons (Fsp3) is 0.429. The standard InChI is InChI=1S/C28H35ClN6O5/c1-38-11-4-8-30-16-27(37)35-10-12-40-25-14-21-23(15-24(25)39-2)32-18-33-28(21)34-22-13-20(29)7-6-19(22)5-3-9-31-26(36)17-35/h6-7,13-15,18,30H,3-5,8-12,16-17H2,1-2H3,(H,31,36)(H,32,33,34). The van der Waals surface area contributed by atoms with Crippen molar-refractivity contribution in [3.63, 3.8) is 0 Å². The number of anilines is 2. The molecule has 0 aliphatic carbocycles. The number of carbonyl (C=O) groups is 2. The van der Waals surface area contributed by atoms with E-state index in [1.807, 2.05) is 24.3 Å². The van der Waals surface area contributed by atoms with Gasteiger partial charge >= 0.3 is 0 Å². The molecule has 2 aromatic carbocycles. The van der Waals surface area contributed by atoms with Gasteiger partial charge in [0, 0.05) is 42.4 Å². The number of amides is 2. The third-order valence-corrected chi connectivity index (χ3v) is 6.71. The Kier molecular flexibility index (Phi) is 10.7. The van der Waals surface area contributed by atoms with Crippen molar-refractivity contribution in [3.8, 4) is 11.5 Å². The summed E-state index contributed by atoms with van der Waals surface area (Å²) < 4.78 is 16.7. The first-order valence-electron chi connectivity index (χ1n) is 13.2. The van der Waals surface area contributed by atoms with E-state index < -0.39 is 0 Å². The SMILES string of the molecule is COCCCNCC(=O)N1CCOc2cc3c(ncnc3cc2OC)Nc2cc(Cl)ccc2CCCNC(=O)C1. The highest BCUT2D eigenvalue weighted by atomic mass is 35.5. The first-order chi connectivity index (χ1) is 19.5. The number of fused-ring (bicyclic) bond motifs is 2. The molecular formula is C28H35ClN6O5. The van der Waals surface area contributed by atoms with Crippen LogP contribution in [0.15, 0.2) is 36.7 Å². The summed E-state index contributed by atoms with van der Waals surface area (Å²) >= 11 is 6.32. The molecule has 0 radical (unpaired) electrons. The lowest BCUT2D eigenvalue weighted by Crippen LogP contribution is -2.46. The number of halogens is 1. The number of ether oxygens (including phenoxy) is 3. The first kappa shape index (κ1) is 29.3. The highest BCUT2D eigenvalue weighted by Gasteiger charge is 2.19. The van der Waals surface area contributed by atoms with Crippen LogP contribution in [0.4, 0.5) is 11.5 Å². The topological polar surface area (TPSA) is 127 Å². The summed E-state index contributed by atoms with van der Waals surface area (Å²) in [6, 6.07) is 9.25. The monoisotopic (exact) mass is 570 g/mol. The van der Waals surface area contributed by atoms with E-state index in [0.29, 0.717) is 60.4 Å². The fourth-order valence-corrected chi connectivity index (χ4v) is 4.56. The van der Waals surface area contributed by atoms with Gasteiger partial charge in [-0.1, -0.05) is 17.7 Å². The molecule has 1 aliphatic heterocycles. The molecule has 3 aromatic rings. The molecule has 214 valence electrons. The summed E-state index contributed by atoms with van der Waals surface area (Å²) in [6.45, 7) is 2.12. The van der Waals surface area contributed by atoms with Gasteiger partial charge in [-0.15, -0.1) is 0 Å². The molecule has 0 atom stereocenters.